The number of carbonyl (C=O) groups excluding carboxylic acids is 1. The van der Waals surface area contributed by atoms with E-state index < -0.39 is 5.60 Å². The Morgan fingerprint density at radius 2 is 1.71 bits per heavy atom. The van der Waals surface area contributed by atoms with E-state index in [4.69, 9.17) is 14.2 Å². The lowest BCUT2D eigenvalue weighted by Gasteiger charge is -2.35. The maximum Gasteiger partial charge on any atom is 0.252 e. The van der Waals surface area contributed by atoms with Crippen LogP contribution in [-0.4, -0.2) is 65.1 Å². The van der Waals surface area contributed by atoms with Gasteiger partial charge in [0.25, 0.3) is 5.91 Å². The monoisotopic (exact) mass is 435 g/mol. The molecular formula is C19H31Cl2N3O4. The van der Waals surface area contributed by atoms with Gasteiger partial charge in [0.2, 0.25) is 0 Å². The zero-order valence-corrected chi connectivity index (χ0v) is 18.3. The van der Waals surface area contributed by atoms with Crippen molar-refractivity contribution in [1.82, 2.24) is 10.6 Å². The molecule has 1 atom stereocenters. The molecule has 28 heavy (non-hydrogen) atoms. The second-order valence-electron chi connectivity index (χ2n) is 6.92. The van der Waals surface area contributed by atoms with E-state index in [1.54, 1.807) is 21.3 Å². The van der Waals surface area contributed by atoms with Crippen LogP contribution >= 0.6 is 24.8 Å². The van der Waals surface area contributed by atoms with Gasteiger partial charge in [-0.2, -0.15) is 0 Å². The first-order valence-corrected chi connectivity index (χ1v) is 9.15. The van der Waals surface area contributed by atoms with E-state index in [1.165, 1.54) is 0 Å². The number of piperidine rings is 1. The summed E-state index contributed by atoms with van der Waals surface area (Å²) in [4.78, 5) is 15.1. The summed E-state index contributed by atoms with van der Waals surface area (Å²) in [5, 5.41) is 6.48. The summed E-state index contributed by atoms with van der Waals surface area (Å²) in [5.74, 6) is 1.54. The third kappa shape index (κ3) is 5.35. The van der Waals surface area contributed by atoms with Crippen LogP contribution < -0.4 is 25.0 Å². The minimum Gasteiger partial charge on any atom is -0.497 e. The lowest BCUT2D eigenvalue weighted by Crippen LogP contribution is -2.56. The van der Waals surface area contributed by atoms with Crippen molar-refractivity contribution in [3.05, 3.63) is 18.2 Å². The van der Waals surface area contributed by atoms with Gasteiger partial charge in [-0.1, -0.05) is 0 Å². The van der Waals surface area contributed by atoms with Crippen LogP contribution in [0.3, 0.4) is 0 Å². The van der Waals surface area contributed by atoms with Gasteiger partial charge in [-0.05, 0) is 32.4 Å². The summed E-state index contributed by atoms with van der Waals surface area (Å²) < 4.78 is 16.3. The Balaban J connectivity index is 0.00000196. The van der Waals surface area contributed by atoms with E-state index in [2.05, 4.69) is 15.5 Å². The highest BCUT2D eigenvalue weighted by Gasteiger charge is 2.41. The largest absolute Gasteiger partial charge is 0.497 e. The smallest absolute Gasteiger partial charge is 0.252 e. The topological polar surface area (TPSA) is 72.1 Å². The highest BCUT2D eigenvalue weighted by atomic mass is 35.5. The van der Waals surface area contributed by atoms with Crippen molar-refractivity contribution in [2.45, 2.75) is 30.9 Å². The van der Waals surface area contributed by atoms with Crippen LogP contribution in [0, 0.1) is 0 Å². The quantitative estimate of drug-likeness (QED) is 0.711. The predicted molar refractivity (Wildman–Crippen MR) is 115 cm³/mol. The molecule has 2 heterocycles. The number of carbonyl (C=O) groups is 1. The van der Waals surface area contributed by atoms with Gasteiger partial charge in [0.15, 0.2) is 0 Å². The highest BCUT2D eigenvalue weighted by molar-refractivity contribution is 5.86. The summed E-state index contributed by atoms with van der Waals surface area (Å²) in [6, 6.07) is 5.96. The van der Waals surface area contributed by atoms with Crippen molar-refractivity contribution >= 4 is 36.4 Å². The fourth-order valence-electron chi connectivity index (χ4n) is 3.76. The number of benzene rings is 1. The predicted octanol–water partition coefficient (Wildman–Crippen LogP) is 2.01. The minimum absolute atomic E-state index is 0. The molecule has 1 amide bonds. The maximum absolute atomic E-state index is 12.8. The van der Waals surface area contributed by atoms with Gasteiger partial charge in [0, 0.05) is 50.1 Å². The molecule has 2 aliphatic heterocycles. The average molecular weight is 436 g/mol. The van der Waals surface area contributed by atoms with Crippen LogP contribution in [0.15, 0.2) is 18.2 Å². The van der Waals surface area contributed by atoms with Crippen LogP contribution in [0.2, 0.25) is 0 Å². The first kappa shape index (κ1) is 24.6. The van der Waals surface area contributed by atoms with E-state index in [0.717, 1.165) is 49.8 Å². The standard InChI is InChI=1S/C19H29N3O4.2ClH/c1-24-16-10-15(11-17(12-16)25-2)22-9-4-14(13-22)21-18(23)19(26-3)5-7-20-8-6-19;;/h10-12,14,20H,4-9,13H2,1-3H3,(H,21,23);2*1H. The molecule has 0 radical (unpaired) electrons. The minimum atomic E-state index is -0.697. The Hall–Kier alpha value is -1.41. The third-order valence-corrected chi connectivity index (χ3v) is 5.44. The first-order chi connectivity index (χ1) is 12.6. The molecule has 0 saturated carbocycles. The normalized spacial score (nSPS) is 20.5. The van der Waals surface area contributed by atoms with Crippen LogP contribution in [0.1, 0.15) is 19.3 Å². The van der Waals surface area contributed by atoms with Crippen LogP contribution in [0.4, 0.5) is 5.69 Å². The van der Waals surface area contributed by atoms with Crippen LogP contribution in [-0.2, 0) is 9.53 Å². The number of anilines is 1. The fourth-order valence-corrected chi connectivity index (χ4v) is 3.76. The second kappa shape index (κ2) is 11.0. The van der Waals surface area contributed by atoms with E-state index in [0.29, 0.717) is 12.8 Å². The zero-order valence-electron chi connectivity index (χ0n) is 16.7. The molecule has 1 aromatic carbocycles. The number of nitrogens with one attached hydrogen (secondary N) is 2. The first-order valence-electron chi connectivity index (χ1n) is 9.15. The van der Waals surface area contributed by atoms with Crippen molar-refractivity contribution in [2.75, 3.05) is 52.4 Å². The lowest BCUT2D eigenvalue weighted by molar-refractivity contribution is -0.147. The zero-order chi connectivity index (χ0) is 18.6. The van der Waals surface area contributed by atoms with E-state index in [1.807, 2.05) is 18.2 Å². The van der Waals surface area contributed by atoms with E-state index in [9.17, 15) is 4.79 Å². The fraction of sp³-hybridized carbons (Fsp3) is 0.632. The molecule has 0 spiro atoms. The molecule has 2 saturated heterocycles. The Kier molecular flexibility index (Phi) is 9.63. The number of amides is 1. The van der Waals surface area contributed by atoms with E-state index in [-0.39, 0.29) is 36.8 Å². The summed E-state index contributed by atoms with van der Waals surface area (Å²) in [6.07, 6.45) is 2.32. The van der Waals surface area contributed by atoms with Crippen molar-refractivity contribution in [1.29, 1.82) is 0 Å². The molecular weight excluding hydrogens is 405 g/mol. The molecule has 160 valence electrons. The van der Waals surface area contributed by atoms with Crippen LogP contribution in [0.25, 0.3) is 0 Å². The third-order valence-electron chi connectivity index (χ3n) is 5.44. The van der Waals surface area contributed by atoms with Crippen molar-refractivity contribution in [3.63, 3.8) is 0 Å². The molecule has 2 N–H and O–H groups in total. The van der Waals surface area contributed by atoms with Gasteiger partial charge in [0.1, 0.15) is 17.1 Å². The van der Waals surface area contributed by atoms with Gasteiger partial charge >= 0.3 is 0 Å². The summed E-state index contributed by atoms with van der Waals surface area (Å²) >= 11 is 0. The van der Waals surface area contributed by atoms with Gasteiger partial charge in [0.05, 0.1) is 14.2 Å². The number of halogens is 2. The Morgan fingerprint density at radius 1 is 1.11 bits per heavy atom. The molecule has 2 fully saturated rings. The number of methoxy groups -OCH3 is 3. The molecule has 0 aliphatic carbocycles. The SMILES string of the molecule is COc1cc(OC)cc(N2CCC(NC(=O)C3(OC)CCNCC3)C2)c1.Cl.Cl. The molecule has 0 bridgehead atoms. The number of ether oxygens (including phenoxy) is 3. The van der Waals surface area contributed by atoms with Gasteiger partial charge < -0.3 is 29.7 Å². The molecule has 2 aliphatic rings. The number of hydrogen-bond acceptors (Lipinski definition) is 6. The maximum atomic E-state index is 12.8. The molecule has 3 rings (SSSR count). The number of rotatable bonds is 6. The average Bonchev–Trinajstić information content (AvgIpc) is 3.16. The number of hydrogen-bond donors (Lipinski definition) is 2. The van der Waals surface area contributed by atoms with Crippen LogP contribution in [0.5, 0.6) is 11.5 Å². The van der Waals surface area contributed by atoms with Gasteiger partial charge in [-0.3, -0.25) is 4.79 Å². The molecule has 1 unspecified atom stereocenters. The Morgan fingerprint density at radius 3 is 2.25 bits per heavy atom. The van der Waals surface area contributed by atoms with Crippen molar-refractivity contribution in [3.8, 4) is 11.5 Å². The van der Waals surface area contributed by atoms with Gasteiger partial charge in [-0.25, -0.2) is 0 Å². The summed E-state index contributed by atoms with van der Waals surface area (Å²) in [5.41, 5.74) is 0.346. The van der Waals surface area contributed by atoms with Crippen molar-refractivity contribution < 1.29 is 19.0 Å². The lowest BCUT2D eigenvalue weighted by atomic mass is 9.90. The summed E-state index contributed by atoms with van der Waals surface area (Å²) in [6.45, 7) is 3.26. The summed E-state index contributed by atoms with van der Waals surface area (Å²) in [7, 11) is 4.93. The van der Waals surface area contributed by atoms with Crippen molar-refractivity contribution in [2.24, 2.45) is 0 Å². The Bertz CT molecular complexity index is 619. The number of nitrogens with zero attached hydrogens (tertiary/aromatic N) is 1. The molecule has 7 nitrogen and oxygen atoms in total. The Labute approximate surface area is 179 Å². The van der Waals surface area contributed by atoms with Gasteiger partial charge in [-0.15, -0.1) is 24.8 Å². The highest BCUT2D eigenvalue weighted by Crippen LogP contribution is 2.31. The van der Waals surface area contributed by atoms with E-state index >= 15 is 0 Å². The molecule has 9 heteroatoms. The molecule has 0 aromatic heterocycles. The molecule has 1 aromatic rings. The second-order valence-corrected chi connectivity index (χ2v) is 6.92.